The molecule has 0 aromatic rings. The molecule has 0 amide bonds. The molecule has 32 heavy (non-hydrogen) atoms. The molecule has 11 nitrogen and oxygen atoms in total. The number of carboxylic acids is 2. The number of oxime groups is 1. The Bertz CT molecular complexity index is 606. The van der Waals surface area contributed by atoms with Crippen molar-refractivity contribution < 1.29 is 39.2 Å². The zero-order valence-electron chi connectivity index (χ0n) is 19.4. The average molecular weight is 462 g/mol. The maximum atomic E-state index is 11.3. The van der Waals surface area contributed by atoms with Gasteiger partial charge in [-0.1, -0.05) is 12.1 Å². The highest BCUT2D eigenvalue weighted by atomic mass is 16.6. The number of nitrogens with zero attached hydrogens (tertiary/aromatic N) is 2. The highest BCUT2D eigenvalue weighted by Gasteiger charge is 2.58. The van der Waals surface area contributed by atoms with E-state index in [2.05, 4.69) is 17.0 Å². The Morgan fingerprint density at radius 1 is 1.12 bits per heavy atom. The van der Waals surface area contributed by atoms with E-state index in [0.717, 1.165) is 38.8 Å². The van der Waals surface area contributed by atoms with Crippen LogP contribution in [0.5, 0.6) is 0 Å². The standard InChI is InChI=1S/C19H37N3O4.C2H2O4/c1-18-6-5-17(25-13-12-24-11-9-22(2)3)14-19(18,23)7-4-16(18)15-21-26-10-8-20;3-1(4)2(5)6/h15-17,23H,4-14,20H2,1-3H3;(H,3,4)(H,5,6)/t16-,17+,18-,19+;/m1./s1. The van der Waals surface area contributed by atoms with Gasteiger partial charge in [-0.3, -0.25) is 0 Å². The minimum Gasteiger partial charge on any atom is -0.473 e. The van der Waals surface area contributed by atoms with Crippen LogP contribution in [0.1, 0.15) is 39.0 Å². The Labute approximate surface area is 189 Å². The number of aliphatic carboxylic acids is 2. The van der Waals surface area contributed by atoms with Crippen LogP contribution >= 0.6 is 0 Å². The number of fused-ring (bicyclic) bond motifs is 1. The van der Waals surface area contributed by atoms with Crippen molar-refractivity contribution >= 4 is 18.2 Å². The third-order valence-electron chi connectivity index (χ3n) is 6.27. The van der Waals surface area contributed by atoms with E-state index < -0.39 is 17.5 Å². The quantitative estimate of drug-likeness (QED) is 0.146. The number of rotatable bonds is 11. The van der Waals surface area contributed by atoms with Crippen LogP contribution in [0.25, 0.3) is 0 Å². The van der Waals surface area contributed by atoms with E-state index in [0.29, 0.717) is 32.8 Å². The van der Waals surface area contributed by atoms with Crippen molar-refractivity contribution in [2.24, 2.45) is 22.2 Å². The molecule has 2 saturated carbocycles. The van der Waals surface area contributed by atoms with Gasteiger partial charge in [0.05, 0.1) is 31.5 Å². The Hall–Kier alpha value is -1.79. The van der Waals surface area contributed by atoms with Crippen molar-refractivity contribution in [3.63, 3.8) is 0 Å². The van der Waals surface area contributed by atoms with E-state index in [1.165, 1.54) is 0 Å². The lowest BCUT2D eigenvalue weighted by Crippen LogP contribution is -2.51. The number of carbonyl (C=O) groups is 2. The molecule has 0 unspecified atom stereocenters. The van der Waals surface area contributed by atoms with Gasteiger partial charge in [-0.15, -0.1) is 0 Å². The summed E-state index contributed by atoms with van der Waals surface area (Å²) in [4.78, 5) is 25.4. The molecule has 2 fully saturated rings. The Balaban J connectivity index is 0.000000751. The van der Waals surface area contributed by atoms with Crippen LogP contribution in [0.2, 0.25) is 0 Å². The lowest BCUT2D eigenvalue weighted by atomic mass is 9.62. The minimum atomic E-state index is -1.82. The largest absolute Gasteiger partial charge is 0.473 e. The summed E-state index contributed by atoms with van der Waals surface area (Å²) in [5.74, 6) is -3.41. The molecule has 0 aromatic carbocycles. The molecule has 2 rings (SSSR count). The molecule has 11 heteroatoms. The monoisotopic (exact) mass is 461 g/mol. The van der Waals surface area contributed by atoms with E-state index in [-0.39, 0.29) is 17.4 Å². The fourth-order valence-corrected chi connectivity index (χ4v) is 4.26. The zero-order valence-corrected chi connectivity index (χ0v) is 19.4. The van der Waals surface area contributed by atoms with Gasteiger partial charge in [0.2, 0.25) is 0 Å². The average Bonchev–Trinajstić information content (AvgIpc) is 2.98. The molecule has 0 aliphatic heterocycles. The maximum Gasteiger partial charge on any atom is 0.414 e. The maximum absolute atomic E-state index is 11.3. The number of aliphatic hydroxyl groups is 1. The number of likely N-dealkylation sites (N-methyl/N-ethyl adjacent to an activating group) is 1. The predicted octanol–water partition coefficient (Wildman–Crippen LogP) is 0.398. The Morgan fingerprint density at radius 2 is 1.81 bits per heavy atom. The Morgan fingerprint density at radius 3 is 2.41 bits per heavy atom. The lowest BCUT2D eigenvalue weighted by Gasteiger charge is -2.48. The third kappa shape index (κ3) is 8.62. The second-order valence-corrected chi connectivity index (χ2v) is 8.73. The molecular formula is C21H39N3O8. The van der Waals surface area contributed by atoms with E-state index in [1.54, 1.807) is 0 Å². The van der Waals surface area contributed by atoms with Gasteiger partial charge in [0.1, 0.15) is 6.61 Å². The molecule has 2 aliphatic carbocycles. The highest BCUT2D eigenvalue weighted by molar-refractivity contribution is 6.27. The fourth-order valence-electron chi connectivity index (χ4n) is 4.26. The van der Waals surface area contributed by atoms with E-state index in [1.807, 2.05) is 20.3 Å². The third-order valence-corrected chi connectivity index (χ3v) is 6.27. The summed E-state index contributed by atoms with van der Waals surface area (Å²) in [6.45, 7) is 5.89. The molecule has 4 atom stereocenters. The number of carboxylic acid groups (broad SMARTS) is 2. The second kappa shape index (κ2) is 13.7. The van der Waals surface area contributed by atoms with Crippen molar-refractivity contribution in [1.82, 2.24) is 4.90 Å². The molecule has 186 valence electrons. The molecule has 0 radical (unpaired) electrons. The van der Waals surface area contributed by atoms with Crippen LogP contribution in [-0.2, 0) is 23.9 Å². The van der Waals surface area contributed by atoms with Crippen molar-refractivity contribution in [3.8, 4) is 0 Å². The summed E-state index contributed by atoms with van der Waals surface area (Å²) in [7, 11) is 4.06. The van der Waals surface area contributed by atoms with Crippen LogP contribution in [0, 0.1) is 11.3 Å². The number of hydrogen-bond donors (Lipinski definition) is 4. The molecule has 0 heterocycles. The van der Waals surface area contributed by atoms with Gasteiger partial charge in [0.25, 0.3) is 0 Å². The molecule has 0 bridgehead atoms. The second-order valence-electron chi connectivity index (χ2n) is 8.73. The topological polar surface area (TPSA) is 164 Å². The first-order valence-corrected chi connectivity index (χ1v) is 10.9. The first-order chi connectivity index (χ1) is 15.1. The molecule has 0 spiro atoms. The fraction of sp³-hybridized carbons (Fsp3) is 0.857. The van der Waals surface area contributed by atoms with Crippen molar-refractivity contribution in [2.75, 3.05) is 53.6 Å². The Kier molecular flexibility index (Phi) is 12.1. The van der Waals surface area contributed by atoms with Crippen LogP contribution in [-0.4, -0.2) is 104 Å². The van der Waals surface area contributed by atoms with Gasteiger partial charge < -0.3 is 40.3 Å². The smallest absolute Gasteiger partial charge is 0.414 e. The number of ether oxygens (including phenoxy) is 2. The van der Waals surface area contributed by atoms with Gasteiger partial charge in [-0.2, -0.15) is 0 Å². The summed E-state index contributed by atoms with van der Waals surface area (Å²) in [5, 5.41) is 30.1. The summed E-state index contributed by atoms with van der Waals surface area (Å²) in [6, 6.07) is 0. The first-order valence-electron chi connectivity index (χ1n) is 10.9. The first kappa shape index (κ1) is 28.2. The zero-order chi connectivity index (χ0) is 24.2. The van der Waals surface area contributed by atoms with Crippen LogP contribution < -0.4 is 5.73 Å². The van der Waals surface area contributed by atoms with Gasteiger partial charge in [0.15, 0.2) is 0 Å². The molecular weight excluding hydrogens is 422 g/mol. The lowest BCUT2D eigenvalue weighted by molar-refractivity contribution is -0.159. The molecule has 0 saturated heterocycles. The van der Waals surface area contributed by atoms with Crippen molar-refractivity contribution in [3.05, 3.63) is 0 Å². The van der Waals surface area contributed by atoms with Crippen LogP contribution in [0.15, 0.2) is 5.16 Å². The minimum absolute atomic E-state index is 0.106. The molecule has 2 aliphatic rings. The SMILES string of the molecule is CN(C)CCOCCO[C@H]1CC[C@]2(C)[C@@H](C=NOCCN)CC[C@]2(O)C1.O=C(O)C(=O)O. The van der Waals surface area contributed by atoms with Gasteiger partial charge in [-0.25, -0.2) is 9.59 Å². The van der Waals surface area contributed by atoms with Gasteiger partial charge >= 0.3 is 11.9 Å². The predicted molar refractivity (Wildman–Crippen MR) is 118 cm³/mol. The summed E-state index contributed by atoms with van der Waals surface area (Å²) in [6.07, 6.45) is 6.28. The molecule has 0 aromatic heterocycles. The number of hydrogen-bond acceptors (Lipinski definition) is 9. The summed E-state index contributed by atoms with van der Waals surface area (Å²) in [5.41, 5.74) is 4.56. The van der Waals surface area contributed by atoms with Crippen LogP contribution in [0.3, 0.4) is 0 Å². The summed E-state index contributed by atoms with van der Waals surface area (Å²) < 4.78 is 11.6. The summed E-state index contributed by atoms with van der Waals surface area (Å²) >= 11 is 0. The van der Waals surface area contributed by atoms with Crippen LogP contribution in [0.4, 0.5) is 0 Å². The van der Waals surface area contributed by atoms with Crippen molar-refractivity contribution in [2.45, 2.75) is 50.7 Å². The molecule has 5 N–H and O–H groups in total. The normalized spacial score (nSPS) is 29.4. The van der Waals surface area contributed by atoms with Crippen molar-refractivity contribution in [1.29, 1.82) is 0 Å². The van der Waals surface area contributed by atoms with E-state index in [4.69, 9.17) is 39.8 Å². The van der Waals surface area contributed by atoms with Gasteiger partial charge in [0, 0.05) is 37.1 Å². The van der Waals surface area contributed by atoms with E-state index in [9.17, 15) is 5.11 Å². The highest BCUT2D eigenvalue weighted by Crippen LogP contribution is 2.57. The number of nitrogens with two attached hydrogens (primary N) is 1. The van der Waals surface area contributed by atoms with E-state index >= 15 is 0 Å². The van der Waals surface area contributed by atoms with Gasteiger partial charge in [-0.05, 0) is 39.8 Å².